The summed E-state index contributed by atoms with van der Waals surface area (Å²) in [6.45, 7) is 5.75. The van der Waals surface area contributed by atoms with Crippen LogP contribution in [0, 0.1) is 5.82 Å². The Hall–Kier alpha value is -2.60. The summed E-state index contributed by atoms with van der Waals surface area (Å²) in [5, 5.41) is 0. The number of halogens is 1. The molecule has 1 saturated heterocycles. The molecule has 5 nitrogen and oxygen atoms in total. The van der Waals surface area contributed by atoms with Gasteiger partial charge in [-0.05, 0) is 44.3 Å². The molecule has 1 unspecified atom stereocenters. The lowest BCUT2D eigenvalue weighted by Crippen LogP contribution is -2.49. The summed E-state index contributed by atoms with van der Waals surface area (Å²) >= 11 is 0. The van der Waals surface area contributed by atoms with Gasteiger partial charge in [0.05, 0.1) is 7.11 Å². The van der Waals surface area contributed by atoms with Crippen molar-refractivity contribution in [2.45, 2.75) is 19.4 Å². The molecule has 2 aromatic carbocycles. The van der Waals surface area contributed by atoms with Crippen molar-refractivity contribution < 1.29 is 13.9 Å². The van der Waals surface area contributed by atoms with Crippen molar-refractivity contribution in [2.24, 2.45) is 0 Å². The Labute approximate surface area is 172 Å². The predicted octanol–water partition coefficient (Wildman–Crippen LogP) is 3.57. The fraction of sp³-hybridized carbons (Fsp3) is 0.435. The topological polar surface area (TPSA) is 36.0 Å². The Bertz CT molecular complexity index is 804. The van der Waals surface area contributed by atoms with Crippen LogP contribution in [0.4, 0.5) is 10.1 Å². The molecule has 0 bridgehead atoms. The van der Waals surface area contributed by atoms with Gasteiger partial charge in [-0.1, -0.05) is 18.2 Å². The summed E-state index contributed by atoms with van der Waals surface area (Å²) in [5.41, 5.74) is 2.13. The second-order valence-electron chi connectivity index (χ2n) is 7.49. The van der Waals surface area contributed by atoms with E-state index in [2.05, 4.69) is 22.8 Å². The van der Waals surface area contributed by atoms with Crippen LogP contribution in [0.3, 0.4) is 0 Å². The van der Waals surface area contributed by atoms with Gasteiger partial charge in [0.15, 0.2) is 0 Å². The lowest BCUT2D eigenvalue weighted by atomic mass is 10.1. The van der Waals surface area contributed by atoms with E-state index in [1.807, 2.05) is 30.1 Å². The molecular formula is C23H30FN3O2. The number of ether oxygens (including phenoxy) is 1. The maximum absolute atomic E-state index is 13.1. The third-order valence-electron chi connectivity index (χ3n) is 5.75. The number of para-hydroxylation sites is 1. The van der Waals surface area contributed by atoms with Gasteiger partial charge in [0, 0.05) is 56.4 Å². The van der Waals surface area contributed by atoms with Gasteiger partial charge in [-0.3, -0.25) is 9.69 Å². The van der Waals surface area contributed by atoms with E-state index in [0.717, 1.165) is 30.1 Å². The Kier molecular flexibility index (Phi) is 7.09. The second kappa shape index (κ2) is 9.74. The van der Waals surface area contributed by atoms with E-state index in [-0.39, 0.29) is 17.8 Å². The zero-order valence-electron chi connectivity index (χ0n) is 17.5. The van der Waals surface area contributed by atoms with Crippen LogP contribution in [-0.4, -0.2) is 62.6 Å². The molecule has 0 aromatic heterocycles. The molecule has 3 rings (SSSR count). The molecule has 0 spiro atoms. The van der Waals surface area contributed by atoms with Gasteiger partial charge in [0.2, 0.25) is 5.91 Å². The van der Waals surface area contributed by atoms with Crippen LogP contribution in [0.25, 0.3) is 0 Å². The van der Waals surface area contributed by atoms with E-state index in [1.54, 1.807) is 19.2 Å². The highest BCUT2D eigenvalue weighted by molar-refractivity contribution is 5.76. The van der Waals surface area contributed by atoms with Gasteiger partial charge >= 0.3 is 0 Å². The summed E-state index contributed by atoms with van der Waals surface area (Å²) in [6.07, 6.45) is 0.493. The monoisotopic (exact) mass is 399 g/mol. The summed E-state index contributed by atoms with van der Waals surface area (Å²) < 4.78 is 18.6. The van der Waals surface area contributed by atoms with E-state index in [0.29, 0.717) is 26.1 Å². The third-order valence-corrected chi connectivity index (χ3v) is 5.75. The lowest BCUT2D eigenvalue weighted by molar-refractivity contribution is -0.131. The first kappa shape index (κ1) is 21.1. The van der Waals surface area contributed by atoms with Crippen LogP contribution < -0.4 is 9.64 Å². The highest BCUT2D eigenvalue weighted by Crippen LogP contribution is 2.28. The number of rotatable bonds is 7. The number of carbonyl (C=O) groups excluding carboxylic acids is 1. The molecule has 1 amide bonds. The molecule has 2 aromatic rings. The van der Waals surface area contributed by atoms with E-state index < -0.39 is 0 Å². The molecule has 0 N–H and O–H groups in total. The first-order valence-electron chi connectivity index (χ1n) is 10.1. The number of hydrogen-bond acceptors (Lipinski definition) is 4. The SMILES string of the molecule is COc1ccccc1C(C)N(C)CCC(=O)N1CCN(c2ccc(F)cc2)CC1. The number of hydrogen-bond donors (Lipinski definition) is 0. The van der Waals surface area contributed by atoms with Gasteiger partial charge in [-0.15, -0.1) is 0 Å². The van der Waals surface area contributed by atoms with Crippen LogP contribution in [-0.2, 0) is 4.79 Å². The minimum absolute atomic E-state index is 0.161. The molecule has 6 heteroatoms. The first-order valence-corrected chi connectivity index (χ1v) is 10.1. The molecule has 1 atom stereocenters. The van der Waals surface area contributed by atoms with Crippen molar-refractivity contribution >= 4 is 11.6 Å². The normalized spacial score (nSPS) is 15.5. The number of nitrogens with zero attached hydrogens (tertiary/aromatic N) is 3. The van der Waals surface area contributed by atoms with Crippen LogP contribution >= 0.6 is 0 Å². The van der Waals surface area contributed by atoms with Gasteiger partial charge in [-0.2, -0.15) is 0 Å². The van der Waals surface area contributed by atoms with Crippen LogP contribution in [0.2, 0.25) is 0 Å². The number of amides is 1. The Morgan fingerprint density at radius 1 is 1.10 bits per heavy atom. The lowest BCUT2D eigenvalue weighted by Gasteiger charge is -2.36. The highest BCUT2D eigenvalue weighted by Gasteiger charge is 2.22. The Morgan fingerprint density at radius 3 is 2.41 bits per heavy atom. The quantitative estimate of drug-likeness (QED) is 0.713. The minimum Gasteiger partial charge on any atom is -0.496 e. The largest absolute Gasteiger partial charge is 0.496 e. The average Bonchev–Trinajstić information content (AvgIpc) is 2.77. The first-order chi connectivity index (χ1) is 14.0. The molecule has 156 valence electrons. The Balaban J connectivity index is 1.48. The van der Waals surface area contributed by atoms with E-state index in [9.17, 15) is 9.18 Å². The average molecular weight is 400 g/mol. The van der Waals surface area contributed by atoms with Gasteiger partial charge in [0.25, 0.3) is 0 Å². The fourth-order valence-corrected chi connectivity index (χ4v) is 3.74. The van der Waals surface area contributed by atoms with Gasteiger partial charge in [-0.25, -0.2) is 4.39 Å². The summed E-state index contributed by atoms with van der Waals surface area (Å²) in [5.74, 6) is 0.826. The van der Waals surface area contributed by atoms with Crippen molar-refractivity contribution in [3.8, 4) is 5.75 Å². The Morgan fingerprint density at radius 2 is 1.76 bits per heavy atom. The molecule has 1 fully saturated rings. The fourth-order valence-electron chi connectivity index (χ4n) is 3.74. The molecule has 0 saturated carbocycles. The van der Waals surface area contributed by atoms with Crippen molar-refractivity contribution in [1.82, 2.24) is 9.80 Å². The van der Waals surface area contributed by atoms with Crippen LogP contribution in [0.5, 0.6) is 5.75 Å². The zero-order valence-corrected chi connectivity index (χ0v) is 17.5. The standard InChI is InChI=1S/C23H30FN3O2/c1-18(21-6-4-5-7-22(21)29-3)25(2)13-12-23(28)27-16-14-26(15-17-27)20-10-8-19(24)9-11-20/h4-11,18H,12-17H2,1-3H3. The predicted molar refractivity (Wildman–Crippen MR) is 114 cm³/mol. The van der Waals surface area contributed by atoms with Crippen molar-refractivity contribution in [3.05, 3.63) is 59.9 Å². The molecule has 1 aliphatic heterocycles. The number of benzene rings is 2. The summed E-state index contributed by atoms with van der Waals surface area (Å²) in [6, 6.07) is 14.7. The van der Waals surface area contributed by atoms with Crippen LogP contribution in [0.15, 0.2) is 48.5 Å². The second-order valence-corrected chi connectivity index (χ2v) is 7.49. The molecule has 0 aliphatic carbocycles. The summed E-state index contributed by atoms with van der Waals surface area (Å²) in [4.78, 5) is 19.0. The van der Waals surface area contributed by atoms with Crippen molar-refractivity contribution in [2.75, 3.05) is 51.8 Å². The minimum atomic E-state index is -0.228. The van der Waals surface area contributed by atoms with E-state index in [1.165, 1.54) is 12.1 Å². The van der Waals surface area contributed by atoms with Crippen molar-refractivity contribution in [1.29, 1.82) is 0 Å². The van der Waals surface area contributed by atoms with Crippen molar-refractivity contribution in [3.63, 3.8) is 0 Å². The van der Waals surface area contributed by atoms with E-state index >= 15 is 0 Å². The third kappa shape index (κ3) is 5.26. The molecule has 29 heavy (non-hydrogen) atoms. The number of methoxy groups -OCH3 is 1. The molecule has 1 aliphatic rings. The molecule has 0 radical (unpaired) electrons. The zero-order chi connectivity index (χ0) is 20.8. The van der Waals surface area contributed by atoms with E-state index in [4.69, 9.17) is 4.74 Å². The summed E-state index contributed by atoms with van der Waals surface area (Å²) in [7, 11) is 3.72. The van der Waals surface area contributed by atoms with Gasteiger partial charge < -0.3 is 14.5 Å². The molecular weight excluding hydrogens is 369 g/mol. The highest BCUT2D eigenvalue weighted by atomic mass is 19.1. The number of carbonyl (C=O) groups is 1. The molecule has 1 heterocycles. The number of piperazine rings is 1. The van der Waals surface area contributed by atoms with Crippen LogP contribution in [0.1, 0.15) is 24.9 Å². The maximum atomic E-state index is 13.1. The van der Waals surface area contributed by atoms with Gasteiger partial charge in [0.1, 0.15) is 11.6 Å². The number of anilines is 1. The smallest absolute Gasteiger partial charge is 0.223 e. The maximum Gasteiger partial charge on any atom is 0.223 e.